The number of fused-ring (bicyclic) bond motifs is 10. The largest absolute Gasteiger partial charge is 0.435 e. The minimum absolute atomic E-state index is 0.608. The van der Waals surface area contributed by atoms with Crippen LogP contribution in [0.2, 0.25) is 0 Å². The SMILES string of the molecule is c1ccc(-c2cccc(-c3nc(-c4ccc5c(c4)sc4ccccc45)nc(-c4cc5ccc6ccc7nc(-c8ccccc8)oc7c6c5c5ccccc45)n3)c2)cc1. The van der Waals surface area contributed by atoms with Crippen LogP contribution in [0.3, 0.4) is 0 Å². The topological polar surface area (TPSA) is 64.7 Å². The van der Waals surface area contributed by atoms with Gasteiger partial charge in [0.05, 0.1) is 0 Å². The fourth-order valence-corrected chi connectivity index (χ4v) is 9.51. The molecule has 12 rings (SSSR count). The highest BCUT2D eigenvalue weighted by Crippen LogP contribution is 2.42. The second-order valence-electron chi connectivity index (χ2n) is 14.6. The molecule has 0 aliphatic carbocycles. The Labute approximate surface area is 336 Å². The van der Waals surface area contributed by atoms with Crippen molar-refractivity contribution in [2.45, 2.75) is 0 Å². The molecule has 3 aromatic heterocycles. The van der Waals surface area contributed by atoms with Gasteiger partial charge in [-0.3, -0.25) is 0 Å². The van der Waals surface area contributed by atoms with E-state index in [1.807, 2.05) is 42.5 Å². The summed E-state index contributed by atoms with van der Waals surface area (Å²) in [7, 11) is 0. The van der Waals surface area contributed by atoms with Crippen molar-refractivity contribution in [3.63, 3.8) is 0 Å². The summed E-state index contributed by atoms with van der Waals surface area (Å²) in [6.07, 6.45) is 0. The number of hydrogen-bond donors (Lipinski definition) is 0. The summed E-state index contributed by atoms with van der Waals surface area (Å²) in [5, 5.41) is 8.94. The maximum Gasteiger partial charge on any atom is 0.227 e. The van der Waals surface area contributed by atoms with Gasteiger partial charge in [0, 0.05) is 53.2 Å². The average Bonchev–Trinajstić information content (AvgIpc) is 3.91. The zero-order chi connectivity index (χ0) is 38.2. The van der Waals surface area contributed by atoms with Gasteiger partial charge in [-0.1, -0.05) is 140 Å². The normalized spacial score (nSPS) is 11.8. The highest BCUT2D eigenvalue weighted by Gasteiger charge is 2.20. The zero-order valence-electron chi connectivity index (χ0n) is 30.9. The van der Waals surface area contributed by atoms with Gasteiger partial charge in [-0.2, -0.15) is 0 Å². The van der Waals surface area contributed by atoms with Crippen molar-refractivity contribution in [2.24, 2.45) is 0 Å². The lowest BCUT2D eigenvalue weighted by molar-refractivity contribution is 0.623. The Hall–Kier alpha value is -7.54. The smallest absolute Gasteiger partial charge is 0.227 e. The molecule has 3 heterocycles. The van der Waals surface area contributed by atoms with Gasteiger partial charge in [-0.25, -0.2) is 19.9 Å². The van der Waals surface area contributed by atoms with Crippen LogP contribution < -0.4 is 0 Å². The van der Waals surface area contributed by atoms with Gasteiger partial charge in [-0.05, 0) is 75.1 Å². The molecule has 0 saturated carbocycles. The van der Waals surface area contributed by atoms with Crippen LogP contribution in [0.15, 0.2) is 186 Å². The van der Waals surface area contributed by atoms with Crippen LogP contribution >= 0.6 is 11.3 Å². The third kappa shape index (κ3) is 5.30. The van der Waals surface area contributed by atoms with E-state index in [9.17, 15) is 0 Å². The number of rotatable bonds is 5. The number of nitrogens with zero attached hydrogens (tertiary/aromatic N) is 4. The molecule has 0 amide bonds. The van der Waals surface area contributed by atoms with Crippen LogP contribution in [0.4, 0.5) is 0 Å². The minimum Gasteiger partial charge on any atom is -0.435 e. The van der Waals surface area contributed by atoms with E-state index in [-0.39, 0.29) is 0 Å². The van der Waals surface area contributed by atoms with Crippen molar-refractivity contribution in [3.05, 3.63) is 182 Å². The van der Waals surface area contributed by atoms with Crippen molar-refractivity contribution in [2.75, 3.05) is 0 Å². The van der Waals surface area contributed by atoms with E-state index in [1.165, 1.54) is 20.2 Å². The Kier molecular flexibility index (Phi) is 7.33. The Balaban J connectivity index is 1.10. The summed E-state index contributed by atoms with van der Waals surface area (Å²) >= 11 is 1.79. The van der Waals surface area contributed by atoms with Crippen LogP contribution in [-0.4, -0.2) is 19.9 Å². The molecule has 12 aromatic rings. The summed E-state index contributed by atoms with van der Waals surface area (Å²) in [6.45, 7) is 0. The number of thiophene rings is 1. The first-order valence-corrected chi connectivity index (χ1v) is 20.1. The summed E-state index contributed by atoms with van der Waals surface area (Å²) in [6, 6.07) is 63.4. The van der Waals surface area contributed by atoms with Gasteiger partial charge in [-0.15, -0.1) is 11.3 Å². The fraction of sp³-hybridized carbons (Fsp3) is 0. The van der Waals surface area contributed by atoms with Crippen LogP contribution in [-0.2, 0) is 0 Å². The zero-order valence-corrected chi connectivity index (χ0v) is 31.7. The van der Waals surface area contributed by atoms with Crippen LogP contribution in [0.1, 0.15) is 0 Å². The van der Waals surface area contributed by atoms with Crippen LogP contribution in [0.5, 0.6) is 0 Å². The predicted octanol–water partition coefficient (Wildman–Crippen LogP) is 14.2. The van der Waals surface area contributed by atoms with Gasteiger partial charge >= 0.3 is 0 Å². The summed E-state index contributed by atoms with van der Waals surface area (Å²) in [5.41, 5.74) is 7.59. The lowest BCUT2D eigenvalue weighted by Crippen LogP contribution is -2.01. The second kappa shape index (κ2) is 13.0. The third-order valence-corrected chi connectivity index (χ3v) is 12.3. The minimum atomic E-state index is 0.608. The molecule has 0 aliphatic rings. The summed E-state index contributed by atoms with van der Waals surface area (Å²) < 4.78 is 9.08. The molecule has 0 saturated heterocycles. The molecule has 5 nitrogen and oxygen atoms in total. The molecule has 0 bridgehead atoms. The van der Waals surface area contributed by atoms with Gasteiger partial charge < -0.3 is 4.42 Å². The molecular formula is C52H30N4OS. The number of hydrogen-bond acceptors (Lipinski definition) is 6. The van der Waals surface area contributed by atoms with Crippen molar-refractivity contribution in [3.8, 4) is 56.7 Å². The Morgan fingerprint density at radius 1 is 0.362 bits per heavy atom. The standard InChI is InChI=1S/C52H30N4OS/c1-3-12-31(13-4-1)34-16-11-17-36(28-34)49-54-50(37-24-26-40-39-19-9-10-21-44(39)58-45(40)30-37)56-51(55-49)42-29-35-23-22-32-25-27-43-48(57-52(53-43)33-14-5-2-6-15-33)47(32)46(35)41-20-8-7-18-38(41)42/h1-30H. The maximum atomic E-state index is 6.62. The molecular weight excluding hydrogens is 729 g/mol. The summed E-state index contributed by atoms with van der Waals surface area (Å²) in [5.74, 6) is 2.47. The predicted molar refractivity (Wildman–Crippen MR) is 240 cm³/mol. The number of aromatic nitrogens is 4. The average molecular weight is 759 g/mol. The quantitative estimate of drug-likeness (QED) is 0.164. The highest BCUT2D eigenvalue weighted by molar-refractivity contribution is 7.25. The van der Waals surface area contributed by atoms with Crippen molar-refractivity contribution < 1.29 is 4.42 Å². The number of oxazole rings is 1. The monoisotopic (exact) mass is 758 g/mol. The molecule has 58 heavy (non-hydrogen) atoms. The van der Waals surface area contributed by atoms with Gasteiger partial charge in [0.25, 0.3) is 0 Å². The van der Waals surface area contributed by atoms with E-state index in [2.05, 4.69) is 140 Å². The lowest BCUT2D eigenvalue weighted by Gasteiger charge is -2.14. The van der Waals surface area contributed by atoms with E-state index < -0.39 is 0 Å². The fourth-order valence-electron chi connectivity index (χ4n) is 8.37. The summed E-state index contributed by atoms with van der Waals surface area (Å²) in [4.78, 5) is 20.7. The van der Waals surface area contributed by atoms with E-state index in [0.717, 1.165) is 76.8 Å². The van der Waals surface area contributed by atoms with Crippen molar-refractivity contribution in [1.82, 2.24) is 19.9 Å². The Morgan fingerprint density at radius 3 is 1.81 bits per heavy atom. The lowest BCUT2D eigenvalue weighted by atomic mass is 9.92. The van der Waals surface area contributed by atoms with Gasteiger partial charge in [0.15, 0.2) is 23.1 Å². The molecule has 0 aliphatic heterocycles. The highest BCUT2D eigenvalue weighted by atomic mass is 32.1. The molecule has 0 unspecified atom stereocenters. The molecule has 0 N–H and O–H groups in total. The van der Waals surface area contributed by atoms with E-state index in [4.69, 9.17) is 24.4 Å². The van der Waals surface area contributed by atoms with Gasteiger partial charge in [0.1, 0.15) is 5.52 Å². The first-order valence-electron chi connectivity index (χ1n) is 19.3. The Morgan fingerprint density at radius 2 is 0.983 bits per heavy atom. The van der Waals surface area contributed by atoms with Crippen LogP contribution in [0, 0.1) is 0 Å². The number of benzene rings is 9. The molecule has 0 fully saturated rings. The van der Waals surface area contributed by atoms with E-state index in [0.29, 0.717) is 23.4 Å². The molecule has 270 valence electrons. The van der Waals surface area contributed by atoms with Gasteiger partial charge in [0.2, 0.25) is 5.89 Å². The molecule has 0 spiro atoms. The molecule has 9 aromatic carbocycles. The van der Waals surface area contributed by atoms with Crippen molar-refractivity contribution >= 4 is 74.9 Å². The Bertz CT molecular complexity index is 3570. The van der Waals surface area contributed by atoms with E-state index >= 15 is 0 Å². The van der Waals surface area contributed by atoms with Crippen LogP contribution in [0.25, 0.3) is 120 Å². The first-order chi connectivity index (χ1) is 28.7. The molecule has 6 heteroatoms. The van der Waals surface area contributed by atoms with Crippen molar-refractivity contribution in [1.29, 1.82) is 0 Å². The first kappa shape index (κ1) is 32.7. The molecule has 0 atom stereocenters. The second-order valence-corrected chi connectivity index (χ2v) is 15.7. The maximum absolute atomic E-state index is 6.62. The van der Waals surface area contributed by atoms with E-state index in [1.54, 1.807) is 11.3 Å². The molecule has 0 radical (unpaired) electrons. The third-order valence-electron chi connectivity index (χ3n) is 11.1.